The van der Waals surface area contributed by atoms with E-state index in [1.807, 2.05) is 0 Å². The SMILES string of the molecule is COC(C)CNC(C)c1ccc(SC)cc1. The predicted octanol–water partition coefficient (Wildman–Crippen LogP) is 3.09. The molecule has 0 fully saturated rings. The van der Waals surface area contributed by atoms with Crippen molar-refractivity contribution in [3.8, 4) is 0 Å². The van der Waals surface area contributed by atoms with Gasteiger partial charge in [-0.2, -0.15) is 0 Å². The first kappa shape index (κ1) is 13.6. The number of ether oxygens (including phenoxy) is 1. The number of nitrogens with one attached hydrogen (secondary N) is 1. The Balaban J connectivity index is 2.49. The molecule has 0 aliphatic rings. The maximum absolute atomic E-state index is 5.21. The molecule has 2 nitrogen and oxygen atoms in total. The number of methoxy groups -OCH3 is 1. The van der Waals surface area contributed by atoms with Gasteiger partial charge in [0.1, 0.15) is 0 Å². The van der Waals surface area contributed by atoms with Crippen molar-refractivity contribution in [2.75, 3.05) is 19.9 Å². The smallest absolute Gasteiger partial charge is 0.0667 e. The zero-order valence-corrected chi connectivity index (χ0v) is 11.3. The Morgan fingerprint density at radius 3 is 2.38 bits per heavy atom. The van der Waals surface area contributed by atoms with E-state index >= 15 is 0 Å². The molecule has 3 heteroatoms. The summed E-state index contributed by atoms with van der Waals surface area (Å²) in [5.74, 6) is 0. The van der Waals surface area contributed by atoms with Crippen LogP contribution in [0.4, 0.5) is 0 Å². The van der Waals surface area contributed by atoms with Crippen LogP contribution in [-0.2, 0) is 4.74 Å². The van der Waals surface area contributed by atoms with Crippen LogP contribution < -0.4 is 5.32 Å². The number of hydrogen-bond acceptors (Lipinski definition) is 3. The predicted molar refractivity (Wildman–Crippen MR) is 71.1 cm³/mol. The van der Waals surface area contributed by atoms with E-state index < -0.39 is 0 Å². The molecule has 0 aliphatic carbocycles. The van der Waals surface area contributed by atoms with E-state index in [9.17, 15) is 0 Å². The summed E-state index contributed by atoms with van der Waals surface area (Å²) >= 11 is 1.77. The Morgan fingerprint density at radius 1 is 1.25 bits per heavy atom. The van der Waals surface area contributed by atoms with Crippen LogP contribution in [0.1, 0.15) is 25.5 Å². The Morgan fingerprint density at radius 2 is 1.88 bits per heavy atom. The highest BCUT2D eigenvalue weighted by molar-refractivity contribution is 7.98. The maximum atomic E-state index is 5.21. The van der Waals surface area contributed by atoms with Gasteiger partial charge in [0.05, 0.1) is 6.10 Å². The van der Waals surface area contributed by atoms with Crippen molar-refractivity contribution in [1.82, 2.24) is 5.32 Å². The summed E-state index contributed by atoms with van der Waals surface area (Å²) in [5.41, 5.74) is 1.32. The van der Waals surface area contributed by atoms with Crippen LogP contribution in [0.2, 0.25) is 0 Å². The van der Waals surface area contributed by atoms with Gasteiger partial charge in [-0.05, 0) is 37.8 Å². The minimum absolute atomic E-state index is 0.257. The first-order valence-electron chi connectivity index (χ1n) is 5.57. The Kier molecular flexibility index (Phi) is 5.88. The van der Waals surface area contributed by atoms with Crippen LogP contribution in [0.5, 0.6) is 0 Å². The molecule has 90 valence electrons. The van der Waals surface area contributed by atoms with Gasteiger partial charge in [-0.15, -0.1) is 11.8 Å². The second kappa shape index (κ2) is 6.94. The fourth-order valence-electron chi connectivity index (χ4n) is 1.44. The minimum Gasteiger partial charge on any atom is -0.380 e. The minimum atomic E-state index is 0.257. The van der Waals surface area contributed by atoms with Crippen molar-refractivity contribution < 1.29 is 4.74 Å². The van der Waals surface area contributed by atoms with Crippen molar-refractivity contribution >= 4 is 11.8 Å². The fraction of sp³-hybridized carbons (Fsp3) is 0.538. The molecule has 0 saturated carbocycles. The van der Waals surface area contributed by atoms with E-state index in [4.69, 9.17) is 4.74 Å². The lowest BCUT2D eigenvalue weighted by Gasteiger charge is -2.17. The van der Waals surface area contributed by atoms with Crippen molar-refractivity contribution in [1.29, 1.82) is 0 Å². The van der Waals surface area contributed by atoms with Gasteiger partial charge >= 0.3 is 0 Å². The molecule has 0 bridgehead atoms. The van der Waals surface area contributed by atoms with E-state index in [2.05, 4.69) is 49.7 Å². The lowest BCUT2D eigenvalue weighted by Crippen LogP contribution is -2.28. The molecule has 1 rings (SSSR count). The van der Waals surface area contributed by atoms with Crippen molar-refractivity contribution in [2.45, 2.75) is 30.9 Å². The third kappa shape index (κ3) is 4.16. The Hall–Kier alpha value is -0.510. The third-order valence-electron chi connectivity index (χ3n) is 2.73. The monoisotopic (exact) mass is 239 g/mol. The zero-order chi connectivity index (χ0) is 12.0. The molecule has 0 radical (unpaired) electrons. The summed E-state index contributed by atoms with van der Waals surface area (Å²) in [5, 5.41) is 3.46. The molecule has 0 amide bonds. The summed E-state index contributed by atoms with van der Waals surface area (Å²) in [6.07, 6.45) is 2.35. The van der Waals surface area contributed by atoms with E-state index in [0.717, 1.165) is 6.54 Å². The van der Waals surface area contributed by atoms with Crippen molar-refractivity contribution in [3.05, 3.63) is 29.8 Å². The van der Waals surface area contributed by atoms with E-state index in [0.29, 0.717) is 6.04 Å². The standard InChI is InChI=1S/C13H21NOS/c1-10(15-3)9-14-11(2)12-5-7-13(16-4)8-6-12/h5-8,10-11,14H,9H2,1-4H3. The number of hydrogen-bond donors (Lipinski definition) is 1. The van der Waals surface area contributed by atoms with Crippen LogP contribution in [0.25, 0.3) is 0 Å². The molecule has 0 aliphatic heterocycles. The molecule has 0 saturated heterocycles. The average Bonchev–Trinajstić information content (AvgIpc) is 2.35. The first-order chi connectivity index (χ1) is 7.67. The van der Waals surface area contributed by atoms with Gasteiger partial charge in [-0.25, -0.2) is 0 Å². The molecule has 1 N–H and O–H groups in total. The third-order valence-corrected chi connectivity index (χ3v) is 3.47. The van der Waals surface area contributed by atoms with Crippen molar-refractivity contribution in [3.63, 3.8) is 0 Å². The molecule has 0 spiro atoms. The fourth-order valence-corrected chi connectivity index (χ4v) is 1.84. The second-order valence-electron chi connectivity index (χ2n) is 3.95. The summed E-state index contributed by atoms with van der Waals surface area (Å²) in [6.45, 7) is 5.12. The highest BCUT2D eigenvalue weighted by atomic mass is 32.2. The van der Waals surface area contributed by atoms with Gasteiger partial charge in [0.25, 0.3) is 0 Å². The normalized spacial score (nSPS) is 14.8. The Bertz CT molecular complexity index is 299. The highest BCUT2D eigenvalue weighted by Gasteiger charge is 2.06. The molecule has 2 atom stereocenters. The van der Waals surface area contributed by atoms with Crippen LogP contribution in [0.3, 0.4) is 0 Å². The first-order valence-corrected chi connectivity index (χ1v) is 6.80. The lowest BCUT2D eigenvalue weighted by molar-refractivity contribution is 0.115. The van der Waals surface area contributed by atoms with E-state index in [1.165, 1.54) is 10.5 Å². The molecule has 16 heavy (non-hydrogen) atoms. The van der Waals surface area contributed by atoms with Gasteiger partial charge in [-0.3, -0.25) is 0 Å². The molecule has 0 heterocycles. The zero-order valence-electron chi connectivity index (χ0n) is 10.5. The van der Waals surface area contributed by atoms with Gasteiger partial charge < -0.3 is 10.1 Å². The van der Waals surface area contributed by atoms with Crippen LogP contribution in [0, 0.1) is 0 Å². The number of rotatable bonds is 6. The van der Waals surface area contributed by atoms with Crippen LogP contribution in [0.15, 0.2) is 29.2 Å². The van der Waals surface area contributed by atoms with Gasteiger partial charge in [0, 0.05) is 24.6 Å². The second-order valence-corrected chi connectivity index (χ2v) is 4.83. The summed E-state index contributed by atoms with van der Waals surface area (Å²) in [7, 11) is 1.74. The van der Waals surface area contributed by atoms with Crippen molar-refractivity contribution in [2.24, 2.45) is 0 Å². The molecule has 1 aromatic rings. The molecular weight excluding hydrogens is 218 g/mol. The molecule has 0 aromatic heterocycles. The van der Waals surface area contributed by atoms with Gasteiger partial charge in [-0.1, -0.05) is 12.1 Å². The number of benzene rings is 1. The number of thioether (sulfide) groups is 1. The summed E-state index contributed by atoms with van der Waals surface area (Å²) < 4.78 is 5.21. The average molecular weight is 239 g/mol. The highest BCUT2D eigenvalue weighted by Crippen LogP contribution is 2.18. The quantitative estimate of drug-likeness (QED) is 0.771. The largest absolute Gasteiger partial charge is 0.380 e. The van der Waals surface area contributed by atoms with Crippen LogP contribution in [-0.4, -0.2) is 26.0 Å². The van der Waals surface area contributed by atoms with Crippen LogP contribution >= 0.6 is 11.8 Å². The molecular formula is C13H21NOS. The van der Waals surface area contributed by atoms with E-state index in [-0.39, 0.29) is 6.10 Å². The van der Waals surface area contributed by atoms with E-state index in [1.54, 1.807) is 18.9 Å². The Labute approximate surface area is 103 Å². The summed E-state index contributed by atoms with van der Waals surface area (Å²) in [4.78, 5) is 1.31. The topological polar surface area (TPSA) is 21.3 Å². The lowest BCUT2D eigenvalue weighted by atomic mass is 10.1. The maximum Gasteiger partial charge on any atom is 0.0667 e. The molecule has 1 aromatic carbocycles. The van der Waals surface area contributed by atoms with Gasteiger partial charge in [0.15, 0.2) is 0 Å². The molecule has 2 unspecified atom stereocenters. The van der Waals surface area contributed by atoms with Gasteiger partial charge in [0.2, 0.25) is 0 Å². The summed E-state index contributed by atoms with van der Waals surface area (Å²) in [6, 6.07) is 9.06.